The highest BCUT2D eigenvalue weighted by molar-refractivity contribution is 6.33. The molecule has 0 fully saturated rings. The van der Waals surface area contributed by atoms with Gasteiger partial charge in [-0.2, -0.15) is 0 Å². The first-order valence-electron chi connectivity index (χ1n) is 6.77. The van der Waals surface area contributed by atoms with E-state index in [0.717, 1.165) is 5.56 Å². The SMILES string of the molecule is COc1ccc(CN(C)C(=O)c2ccccc2Cl)cc1OC. The molecule has 0 radical (unpaired) electrons. The molecule has 0 N–H and O–H groups in total. The van der Waals surface area contributed by atoms with Gasteiger partial charge in [0, 0.05) is 13.6 Å². The van der Waals surface area contributed by atoms with Crippen LogP contribution in [0.1, 0.15) is 15.9 Å². The monoisotopic (exact) mass is 319 g/mol. The molecular formula is C17H18ClNO3. The first-order chi connectivity index (χ1) is 10.6. The van der Waals surface area contributed by atoms with E-state index < -0.39 is 0 Å². The fraction of sp³-hybridized carbons (Fsp3) is 0.235. The Morgan fingerprint density at radius 3 is 2.41 bits per heavy atom. The maximum atomic E-state index is 12.4. The molecule has 2 aromatic rings. The number of halogens is 1. The number of ether oxygens (including phenoxy) is 2. The quantitative estimate of drug-likeness (QED) is 0.844. The molecule has 2 aromatic carbocycles. The molecule has 5 heteroatoms. The van der Waals surface area contributed by atoms with Gasteiger partial charge in [0.15, 0.2) is 11.5 Å². The average Bonchev–Trinajstić information content (AvgIpc) is 2.54. The minimum atomic E-state index is -0.125. The Kier molecular flexibility index (Phi) is 5.28. The van der Waals surface area contributed by atoms with Crippen molar-refractivity contribution in [2.45, 2.75) is 6.54 Å². The Labute approximate surface area is 135 Å². The molecule has 0 heterocycles. The molecule has 0 aliphatic rings. The molecule has 0 bridgehead atoms. The summed E-state index contributed by atoms with van der Waals surface area (Å²) in [6.07, 6.45) is 0. The van der Waals surface area contributed by atoms with Crippen molar-refractivity contribution < 1.29 is 14.3 Å². The highest BCUT2D eigenvalue weighted by atomic mass is 35.5. The van der Waals surface area contributed by atoms with Crippen molar-refractivity contribution in [3.05, 3.63) is 58.6 Å². The van der Waals surface area contributed by atoms with E-state index in [1.807, 2.05) is 18.2 Å². The molecule has 0 saturated carbocycles. The second-order valence-corrected chi connectivity index (χ2v) is 5.24. The van der Waals surface area contributed by atoms with E-state index in [1.165, 1.54) is 0 Å². The number of carbonyl (C=O) groups is 1. The van der Waals surface area contributed by atoms with Crippen LogP contribution in [0.3, 0.4) is 0 Å². The summed E-state index contributed by atoms with van der Waals surface area (Å²) in [5.74, 6) is 1.17. The normalized spacial score (nSPS) is 10.2. The predicted octanol–water partition coefficient (Wildman–Crippen LogP) is 3.63. The van der Waals surface area contributed by atoms with Gasteiger partial charge in [0.05, 0.1) is 24.8 Å². The maximum Gasteiger partial charge on any atom is 0.255 e. The van der Waals surface area contributed by atoms with Crippen molar-refractivity contribution in [2.75, 3.05) is 21.3 Å². The van der Waals surface area contributed by atoms with Gasteiger partial charge in [-0.25, -0.2) is 0 Å². The Morgan fingerprint density at radius 2 is 1.77 bits per heavy atom. The van der Waals surface area contributed by atoms with E-state index in [0.29, 0.717) is 28.6 Å². The third-order valence-corrected chi connectivity index (χ3v) is 3.65. The summed E-state index contributed by atoms with van der Waals surface area (Å²) in [6, 6.07) is 12.6. The van der Waals surface area contributed by atoms with Crippen LogP contribution in [-0.2, 0) is 6.54 Å². The molecule has 0 saturated heterocycles. The zero-order chi connectivity index (χ0) is 16.1. The molecule has 2 rings (SSSR count). The molecule has 0 aliphatic carbocycles. The van der Waals surface area contributed by atoms with Crippen LogP contribution in [0.15, 0.2) is 42.5 Å². The van der Waals surface area contributed by atoms with Crippen LogP contribution in [0.4, 0.5) is 0 Å². The summed E-state index contributed by atoms with van der Waals surface area (Å²) in [5.41, 5.74) is 1.44. The second kappa shape index (κ2) is 7.18. The number of hydrogen-bond acceptors (Lipinski definition) is 3. The zero-order valence-corrected chi connectivity index (χ0v) is 13.6. The molecule has 1 amide bonds. The number of amides is 1. The summed E-state index contributed by atoms with van der Waals surface area (Å²) >= 11 is 6.07. The average molecular weight is 320 g/mol. The topological polar surface area (TPSA) is 38.8 Å². The van der Waals surface area contributed by atoms with Crippen molar-refractivity contribution in [2.24, 2.45) is 0 Å². The molecule has 0 aromatic heterocycles. The Balaban J connectivity index is 2.17. The first-order valence-corrected chi connectivity index (χ1v) is 7.15. The number of benzene rings is 2. The molecule has 0 atom stereocenters. The van der Waals surface area contributed by atoms with E-state index in [-0.39, 0.29) is 5.91 Å². The van der Waals surface area contributed by atoms with Gasteiger partial charge in [0.2, 0.25) is 0 Å². The number of carbonyl (C=O) groups excluding carboxylic acids is 1. The third kappa shape index (κ3) is 3.52. The highest BCUT2D eigenvalue weighted by Gasteiger charge is 2.15. The van der Waals surface area contributed by atoms with Gasteiger partial charge in [-0.05, 0) is 29.8 Å². The van der Waals surface area contributed by atoms with Crippen molar-refractivity contribution in [1.82, 2.24) is 4.90 Å². The lowest BCUT2D eigenvalue weighted by Gasteiger charge is -2.19. The number of methoxy groups -OCH3 is 2. The van der Waals surface area contributed by atoms with Crippen molar-refractivity contribution in [3.8, 4) is 11.5 Å². The van der Waals surface area contributed by atoms with Crippen molar-refractivity contribution in [1.29, 1.82) is 0 Å². The van der Waals surface area contributed by atoms with Crippen LogP contribution in [0, 0.1) is 0 Å². The van der Waals surface area contributed by atoms with E-state index in [4.69, 9.17) is 21.1 Å². The maximum absolute atomic E-state index is 12.4. The lowest BCUT2D eigenvalue weighted by molar-refractivity contribution is 0.0785. The van der Waals surface area contributed by atoms with Gasteiger partial charge < -0.3 is 14.4 Å². The summed E-state index contributed by atoms with van der Waals surface area (Å²) < 4.78 is 10.5. The largest absolute Gasteiger partial charge is 0.493 e. The van der Waals surface area contributed by atoms with E-state index in [2.05, 4.69) is 0 Å². The lowest BCUT2D eigenvalue weighted by Crippen LogP contribution is -2.26. The van der Waals surface area contributed by atoms with Crippen LogP contribution in [0.5, 0.6) is 11.5 Å². The molecule has 116 valence electrons. The van der Waals surface area contributed by atoms with Gasteiger partial charge in [-0.3, -0.25) is 4.79 Å². The summed E-state index contributed by atoms with van der Waals surface area (Å²) in [6.45, 7) is 0.449. The minimum absolute atomic E-state index is 0.125. The fourth-order valence-corrected chi connectivity index (χ4v) is 2.38. The predicted molar refractivity (Wildman–Crippen MR) is 86.8 cm³/mol. The minimum Gasteiger partial charge on any atom is -0.493 e. The van der Waals surface area contributed by atoms with Crippen LogP contribution >= 0.6 is 11.6 Å². The Bertz CT molecular complexity index is 673. The zero-order valence-electron chi connectivity index (χ0n) is 12.8. The van der Waals surface area contributed by atoms with Gasteiger partial charge >= 0.3 is 0 Å². The standard InChI is InChI=1S/C17H18ClNO3/c1-19(17(20)13-6-4-5-7-14(13)18)11-12-8-9-15(21-2)16(10-12)22-3/h4-10H,11H2,1-3H3. The number of nitrogens with zero attached hydrogens (tertiary/aromatic N) is 1. The van der Waals surface area contributed by atoms with Gasteiger partial charge in [-0.1, -0.05) is 29.8 Å². The molecule has 4 nitrogen and oxygen atoms in total. The number of rotatable bonds is 5. The smallest absolute Gasteiger partial charge is 0.255 e. The Morgan fingerprint density at radius 1 is 1.09 bits per heavy atom. The summed E-state index contributed by atoms with van der Waals surface area (Å²) in [5, 5.41) is 0.451. The second-order valence-electron chi connectivity index (χ2n) is 4.83. The molecular weight excluding hydrogens is 302 g/mol. The van der Waals surface area contributed by atoms with Crippen LogP contribution in [0.25, 0.3) is 0 Å². The van der Waals surface area contributed by atoms with E-state index >= 15 is 0 Å². The van der Waals surface area contributed by atoms with Gasteiger partial charge in [0.25, 0.3) is 5.91 Å². The summed E-state index contributed by atoms with van der Waals surface area (Å²) in [4.78, 5) is 14.0. The van der Waals surface area contributed by atoms with Crippen LogP contribution in [-0.4, -0.2) is 32.1 Å². The van der Waals surface area contributed by atoms with Crippen molar-refractivity contribution >= 4 is 17.5 Å². The van der Waals surface area contributed by atoms with Crippen LogP contribution in [0.2, 0.25) is 5.02 Å². The molecule has 0 spiro atoms. The molecule has 0 aliphatic heterocycles. The van der Waals surface area contributed by atoms with Gasteiger partial charge in [-0.15, -0.1) is 0 Å². The van der Waals surface area contributed by atoms with Crippen molar-refractivity contribution in [3.63, 3.8) is 0 Å². The number of hydrogen-bond donors (Lipinski definition) is 0. The fourth-order valence-electron chi connectivity index (χ4n) is 2.16. The van der Waals surface area contributed by atoms with Gasteiger partial charge in [0.1, 0.15) is 0 Å². The van der Waals surface area contributed by atoms with E-state index in [1.54, 1.807) is 50.4 Å². The van der Waals surface area contributed by atoms with Crippen LogP contribution < -0.4 is 9.47 Å². The lowest BCUT2D eigenvalue weighted by atomic mass is 10.1. The van der Waals surface area contributed by atoms with E-state index in [9.17, 15) is 4.79 Å². The molecule has 22 heavy (non-hydrogen) atoms. The highest BCUT2D eigenvalue weighted by Crippen LogP contribution is 2.28. The third-order valence-electron chi connectivity index (χ3n) is 3.32. The Hall–Kier alpha value is -2.20. The first kappa shape index (κ1) is 16.2. The molecule has 0 unspecified atom stereocenters. The summed E-state index contributed by atoms with van der Waals surface area (Å²) in [7, 11) is 4.91.